The lowest BCUT2D eigenvalue weighted by Crippen LogP contribution is -2.03. The van der Waals surface area contributed by atoms with Crippen LogP contribution in [0.4, 0.5) is 15.9 Å². The number of aliphatic hydroxyl groups is 1. The van der Waals surface area contributed by atoms with Crippen molar-refractivity contribution in [1.29, 1.82) is 0 Å². The van der Waals surface area contributed by atoms with E-state index in [9.17, 15) is 9.18 Å². The van der Waals surface area contributed by atoms with Gasteiger partial charge in [-0.1, -0.05) is 27.2 Å². The zero-order valence-corrected chi connectivity index (χ0v) is 26.0. The Morgan fingerprint density at radius 3 is 2.44 bits per heavy atom. The Morgan fingerprint density at radius 2 is 1.84 bits per heavy atom. The highest BCUT2D eigenvalue weighted by Crippen LogP contribution is 2.29. The normalized spacial score (nSPS) is 10.4. The predicted octanol–water partition coefficient (Wildman–Crippen LogP) is 6.73. The Hall–Kier alpha value is -3.86. The SMILES string of the molecule is CCCCC(=O)c1ccc(Nc2nccn3c(-c4ccc(OC)c(F)c4)cnc23)cc1C.CCCN.CCCOCCO. The maximum atomic E-state index is 14.2. The molecule has 2 aromatic carbocycles. The quantitative estimate of drug-likeness (QED) is 0.115. The van der Waals surface area contributed by atoms with Gasteiger partial charge in [0.25, 0.3) is 0 Å². The second-order valence-electron chi connectivity index (χ2n) is 9.77. The van der Waals surface area contributed by atoms with Gasteiger partial charge in [0.15, 0.2) is 28.8 Å². The van der Waals surface area contributed by atoms with Crippen molar-refractivity contribution in [3.63, 3.8) is 0 Å². The van der Waals surface area contributed by atoms with E-state index in [0.717, 1.165) is 61.3 Å². The zero-order chi connectivity index (χ0) is 31.6. The van der Waals surface area contributed by atoms with Crippen molar-refractivity contribution in [3.05, 3.63) is 71.9 Å². The lowest BCUT2D eigenvalue weighted by Gasteiger charge is -2.11. The van der Waals surface area contributed by atoms with Crippen LogP contribution in [0.3, 0.4) is 0 Å². The summed E-state index contributed by atoms with van der Waals surface area (Å²) in [5.41, 5.74) is 9.54. The zero-order valence-electron chi connectivity index (χ0n) is 26.0. The Kier molecular flexibility index (Phi) is 15.9. The highest BCUT2D eigenvalue weighted by molar-refractivity contribution is 5.97. The fourth-order valence-corrected chi connectivity index (χ4v) is 4.02. The summed E-state index contributed by atoms with van der Waals surface area (Å²) in [5, 5.41) is 11.5. The van der Waals surface area contributed by atoms with Crippen molar-refractivity contribution >= 4 is 22.9 Å². The molecule has 0 saturated heterocycles. The van der Waals surface area contributed by atoms with Gasteiger partial charge in [-0.05, 0) is 74.7 Å². The van der Waals surface area contributed by atoms with Gasteiger partial charge in [0.2, 0.25) is 0 Å². The molecule has 10 heteroatoms. The van der Waals surface area contributed by atoms with Gasteiger partial charge >= 0.3 is 0 Å². The monoisotopic (exact) mass is 595 g/mol. The third-order valence-corrected chi connectivity index (χ3v) is 6.30. The van der Waals surface area contributed by atoms with Crippen molar-refractivity contribution in [2.45, 2.75) is 59.8 Å². The van der Waals surface area contributed by atoms with Gasteiger partial charge < -0.3 is 25.6 Å². The second-order valence-corrected chi connectivity index (χ2v) is 9.77. The molecule has 0 radical (unpaired) electrons. The number of nitrogens with zero attached hydrogens (tertiary/aromatic N) is 3. The lowest BCUT2D eigenvalue weighted by molar-refractivity contribution is 0.0928. The average Bonchev–Trinajstić information content (AvgIpc) is 3.46. The first kappa shape index (κ1) is 35.3. The van der Waals surface area contributed by atoms with Crippen LogP contribution in [-0.2, 0) is 4.74 Å². The molecular formula is C33H46FN5O4. The first-order chi connectivity index (χ1) is 20.8. The standard InChI is InChI=1S/C25H25FN4O2.C5H12O2.C3H9N/c1-4-5-6-22(31)19-9-8-18(13-16(19)2)29-24-25-28-15-21(30(25)12-11-27-24)17-7-10-23(32-3)20(26)14-17;1-2-4-7-5-3-6;1-2-3-4/h7-15H,4-6H2,1-3H3,(H,27,29);6H,2-5H2,1H3;2-4H2,1H3. The number of Topliss-reactive ketones (excluding diaryl/α,β-unsaturated/α-hetero) is 1. The third kappa shape index (κ3) is 10.7. The number of ketones is 1. The third-order valence-electron chi connectivity index (χ3n) is 6.30. The van der Waals surface area contributed by atoms with E-state index < -0.39 is 5.82 Å². The van der Waals surface area contributed by atoms with Gasteiger partial charge in [-0.3, -0.25) is 9.20 Å². The van der Waals surface area contributed by atoms with Crippen LogP contribution in [0.2, 0.25) is 0 Å². The molecule has 4 rings (SSSR count). The summed E-state index contributed by atoms with van der Waals surface area (Å²) in [7, 11) is 1.44. The van der Waals surface area contributed by atoms with Crippen LogP contribution in [0.1, 0.15) is 68.8 Å². The number of aryl methyl sites for hydroxylation is 1. The molecule has 0 aliphatic carbocycles. The van der Waals surface area contributed by atoms with Gasteiger partial charge in [-0.25, -0.2) is 14.4 Å². The van der Waals surface area contributed by atoms with Crippen LogP contribution in [-0.4, -0.2) is 58.7 Å². The number of ether oxygens (including phenoxy) is 2. The molecule has 0 fully saturated rings. The molecule has 0 unspecified atom stereocenters. The number of halogens is 1. The largest absolute Gasteiger partial charge is 0.494 e. The number of unbranched alkanes of at least 4 members (excludes halogenated alkanes) is 1. The van der Waals surface area contributed by atoms with Crippen LogP contribution < -0.4 is 15.8 Å². The highest BCUT2D eigenvalue weighted by Gasteiger charge is 2.14. The Balaban J connectivity index is 0.000000502. The lowest BCUT2D eigenvalue weighted by atomic mass is 10.0. The van der Waals surface area contributed by atoms with Crippen LogP contribution in [0.15, 0.2) is 55.0 Å². The summed E-state index contributed by atoms with van der Waals surface area (Å²) in [4.78, 5) is 21.3. The number of aliphatic hydroxyl groups excluding tert-OH is 1. The molecular weight excluding hydrogens is 549 g/mol. The molecule has 0 bridgehead atoms. The number of carbonyl (C=O) groups excluding carboxylic acids is 1. The van der Waals surface area contributed by atoms with Gasteiger partial charge in [0.05, 0.1) is 32.2 Å². The Labute approximate surface area is 254 Å². The fraction of sp³-hybridized carbons (Fsp3) is 0.424. The number of nitrogens with two attached hydrogens (primary N) is 1. The van der Waals surface area contributed by atoms with Crippen LogP contribution >= 0.6 is 0 Å². The topological polar surface area (TPSA) is 124 Å². The predicted molar refractivity (Wildman–Crippen MR) is 171 cm³/mol. The number of aromatic nitrogens is 3. The van der Waals surface area contributed by atoms with Crippen molar-refractivity contribution in [1.82, 2.24) is 14.4 Å². The number of hydrogen-bond acceptors (Lipinski definition) is 8. The van der Waals surface area contributed by atoms with E-state index in [1.807, 2.05) is 36.4 Å². The minimum Gasteiger partial charge on any atom is -0.494 e. The summed E-state index contributed by atoms with van der Waals surface area (Å²) < 4.78 is 25.9. The number of benzene rings is 2. The number of nitrogens with one attached hydrogen (secondary N) is 1. The molecule has 234 valence electrons. The van der Waals surface area contributed by atoms with Crippen LogP contribution in [0.5, 0.6) is 5.75 Å². The van der Waals surface area contributed by atoms with E-state index in [1.165, 1.54) is 13.2 Å². The van der Waals surface area contributed by atoms with E-state index in [0.29, 0.717) is 30.1 Å². The van der Waals surface area contributed by atoms with E-state index in [-0.39, 0.29) is 18.1 Å². The Morgan fingerprint density at radius 1 is 1.07 bits per heavy atom. The summed E-state index contributed by atoms with van der Waals surface area (Å²) in [6, 6.07) is 10.5. The van der Waals surface area contributed by atoms with E-state index in [4.69, 9.17) is 20.3 Å². The van der Waals surface area contributed by atoms with Crippen LogP contribution in [0.25, 0.3) is 16.9 Å². The molecule has 43 heavy (non-hydrogen) atoms. The molecule has 4 N–H and O–H groups in total. The number of carbonyl (C=O) groups is 1. The maximum absolute atomic E-state index is 14.2. The first-order valence-electron chi connectivity index (χ1n) is 14.8. The van der Waals surface area contributed by atoms with Gasteiger partial charge in [-0.2, -0.15) is 0 Å². The van der Waals surface area contributed by atoms with E-state index >= 15 is 0 Å². The van der Waals surface area contributed by atoms with Gasteiger partial charge in [0, 0.05) is 42.2 Å². The Bertz CT molecular complexity index is 1400. The smallest absolute Gasteiger partial charge is 0.180 e. The van der Waals surface area contributed by atoms with Crippen molar-refractivity contribution in [2.24, 2.45) is 5.73 Å². The molecule has 2 heterocycles. The minimum absolute atomic E-state index is 0.139. The van der Waals surface area contributed by atoms with Crippen molar-refractivity contribution in [3.8, 4) is 17.0 Å². The summed E-state index contributed by atoms with van der Waals surface area (Å²) in [6.07, 6.45) is 9.71. The maximum Gasteiger partial charge on any atom is 0.180 e. The minimum atomic E-state index is -0.434. The molecule has 9 nitrogen and oxygen atoms in total. The molecule has 0 saturated carbocycles. The molecule has 0 amide bonds. The van der Waals surface area contributed by atoms with E-state index in [1.54, 1.807) is 30.7 Å². The summed E-state index contributed by atoms with van der Waals surface area (Å²) in [5.74, 6) is 0.493. The molecule has 0 aliphatic rings. The summed E-state index contributed by atoms with van der Waals surface area (Å²) in [6.45, 7) is 10.3. The average molecular weight is 596 g/mol. The summed E-state index contributed by atoms with van der Waals surface area (Å²) >= 11 is 0. The number of imidazole rings is 1. The van der Waals surface area contributed by atoms with Crippen molar-refractivity contribution < 1.29 is 23.8 Å². The van der Waals surface area contributed by atoms with Crippen molar-refractivity contribution in [2.75, 3.05) is 38.8 Å². The number of fused-ring (bicyclic) bond motifs is 1. The fourth-order valence-electron chi connectivity index (χ4n) is 4.02. The number of methoxy groups -OCH3 is 1. The molecule has 4 aromatic rings. The number of rotatable bonds is 13. The second kappa shape index (κ2) is 19.4. The molecule has 2 aromatic heterocycles. The molecule has 0 atom stereocenters. The molecule has 0 aliphatic heterocycles. The highest BCUT2D eigenvalue weighted by atomic mass is 19.1. The number of hydrogen-bond donors (Lipinski definition) is 3. The van der Waals surface area contributed by atoms with Gasteiger partial charge in [0.1, 0.15) is 0 Å². The van der Waals surface area contributed by atoms with Gasteiger partial charge in [-0.15, -0.1) is 0 Å². The molecule has 0 spiro atoms. The van der Waals surface area contributed by atoms with E-state index in [2.05, 4.69) is 29.1 Å². The van der Waals surface area contributed by atoms with Crippen LogP contribution in [0, 0.1) is 12.7 Å². The first-order valence-corrected chi connectivity index (χ1v) is 14.8. The number of anilines is 2.